The summed E-state index contributed by atoms with van der Waals surface area (Å²) in [5.41, 5.74) is -1.39. The number of hydrogen-bond acceptors (Lipinski definition) is 8. The highest BCUT2D eigenvalue weighted by Gasteiger charge is 2.41. The summed E-state index contributed by atoms with van der Waals surface area (Å²) in [5, 5.41) is 9.52. The van der Waals surface area contributed by atoms with E-state index in [-0.39, 0.29) is 43.1 Å². The molecule has 1 aromatic heterocycles. The van der Waals surface area contributed by atoms with E-state index in [0.29, 0.717) is 54.3 Å². The molecule has 3 aromatic rings. The Morgan fingerprint density at radius 3 is 2.14 bits per heavy atom. The Bertz CT molecular complexity index is 1560. The molecular weight excluding hydrogens is 656 g/mol. The summed E-state index contributed by atoms with van der Waals surface area (Å²) >= 11 is 0. The molecule has 1 amide bonds. The van der Waals surface area contributed by atoms with Crippen molar-refractivity contribution in [3.05, 3.63) is 71.0 Å². The summed E-state index contributed by atoms with van der Waals surface area (Å²) in [6.07, 6.45) is -5.21. The fourth-order valence-corrected chi connectivity index (χ4v) is 6.54. The summed E-state index contributed by atoms with van der Waals surface area (Å²) in [4.78, 5) is 27.6. The van der Waals surface area contributed by atoms with Gasteiger partial charge < -0.3 is 24.4 Å². The zero-order valence-corrected chi connectivity index (χ0v) is 27.4. The second-order valence-electron chi connectivity index (χ2n) is 12.2. The Balaban J connectivity index is 1.63. The van der Waals surface area contributed by atoms with Crippen LogP contribution in [0, 0.1) is 5.92 Å². The van der Waals surface area contributed by atoms with Crippen molar-refractivity contribution in [3.63, 3.8) is 0 Å². The minimum Gasteiger partial charge on any atom is -0.497 e. The quantitative estimate of drug-likeness (QED) is 0.229. The van der Waals surface area contributed by atoms with Crippen LogP contribution in [0.15, 0.2) is 48.8 Å². The number of anilines is 3. The molecule has 266 valence electrons. The van der Waals surface area contributed by atoms with Crippen molar-refractivity contribution < 1.29 is 45.7 Å². The highest BCUT2D eigenvalue weighted by Crippen LogP contribution is 2.45. The monoisotopic (exact) mass is 695 g/mol. The van der Waals surface area contributed by atoms with Gasteiger partial charge in [0.1, 0.15) is 5.75 Å². The fraction of sp³-hybridized carbons (Fsp3) is 0.500. The van der Waals surface area contributed by atoms with Gasteiger partial charge in [0.25, 0.3) is 0 Å². The predicted octanol–water partition coefficient (Wildman–Crippen LogP) is 7.62. The van der Waals surface area contributed by atoms with E-state index in [2.05, 4.69) is 14.9 Å². The Labute approximate surface area is 280 Å². The first kappa shape index (κ1) is 36.0. The van der Waals surface area contributed by atoms with Crippen LogP contribution >= 0.6 is 0 Å². The molecule has 0 bridgehead atoms. The van der Waals surface area contributed by atoms with Crippen LogP contribution in [0.1, 0.15) is 67.8 Å². The lowest BCUT2D eigenvalue weighted by atomic mass is 9.88. The Kier molecular flexibility index (Phi) is 10.8. The summed E-state index contributed by atoms with van der Waals surface area (Å²) in [6, 6.07) is 5.42. The molecule has 0 radical (unpaired) electrons. The molecule has 2 aliphatic rings. The van der Waals surface area contributed by atoms with Gasteiger partial charge in [-0.1, -0.05) is 6.92 Å². The van der Waals surface area contributed by atoms with Crippen LogP contribution in [0.3, 0.4) is 0 Å². The average molecular weight is 696 g/mol. The Morgan fingerprint density at radius 1 is 0.980 bits per heavy atom. The molecule has 0 unspecified atom stereocenters. The van der Waals surface area contributed by atoms with Crippen molar-refractivity contribution in [1.29, 1.82) is 0 Å². The molecule has 0 aliphatic carbocycles. The lowest BCUT2D eigenvalue weighted by Gasteiger charge is -2.44. The summed E-state index contributed by atoms with van der Waals surface area (Å²) < 4.78 is 94.2. The Hall–Kier alpha value is -4.27. The van der Waals surface area contributed by atoms with Crippen LogP contribution in [0.4, 0.5) is 48.5 Å². The highest BCUT2D eigenvalue weighted by molar-refractivity contribution is 5.90. The maximum atomic E-state index is 13.9. The standard InChI is InChI=1S/C34H39F6N5O4/c1-4-25-15-30(28-16-27(48-3)6-7-29(28)45(25)32(47)49-5-2)44(19-22-12-23(33(35,36)37)14-24(13-22)34(38,39)40)31-41-17-26(18-42-31)43-10-8-21(20-46)9-11-43/h6-7,12-14,16-18,21,25,30,46H,4-5,8-11,15,19-20H2,1-3H3/t25-,30+/m1/s1. The average Bonchev–Trinajstić information content (AvgIpc) is 3.09. The minimum atomic E-state index is -5.03. The van der Waals surface area contributed by atoms with Crippen LogP contribution in [-0.2, 0) is 23.6 Å². The van der Waals surface area contributed by atoms with Crippen LogP contribution in [-0.4, -0.2) is 60.6 Å². The minimum absolute atomic E-state index is 0.0816. The van der Waals surface area contributed by atoms with Crippen molar-refractivity contribution >= 4 is 23.4 Å². The van der Waals surface area contributed by atoms with E-state index < -0.39 is 48.2 Å². The van der Waals surface area contributed by atoms with Crippen LogP contribution in [0.5, 0.6) is 5.75 Å². The first-order chi connectivity index (χ1) is 23.3. The van der Waals surface area contributed by atoms with Crippen molar-refractivity contribution in [1.82, 2.24) is 9.97 Å². The number of rotatable bonds is 9. The van der Waals surface area contributed by atoms with E-state index in [4.69, 9.17) is 9.47 Å². The molecule has 3 heterocycles. The molecule has 2 aliphatic heterocycles. The van der Waals surface area contributed by atoms with Crippen molar-refractivity contribution in [2.24, 2.45) is 5.92 Å². The van der Waals surface area contributed by atoms with E-state index in [1.165, 1.54) is 12.0 Å². The Morgan fingerprint density at radius 2 is 1.61 bits per heavy atom. The fourth-order valence-electron chi connectivity index (χ4n) is 6.54. The van der Waals surface area contributed by atoms with E-state index in [9.17, 15) is 36.2 Å². The molecule has 15 heteroatoms. The maximum Gasteiger partial charge on any atom is 0.416 e. The zero-order valence-electron chi connectivity index (χ0n) is 27.4. The summed E-state index contributed by atoms with van der Waals surface area (Å²) in [6.45, 7) is 4.71. The second kappa shape index (κ2) is 14.7. The molecule has 0 saturated carbocycles. The number of amides is 1. The van der Waals surface area contributed by atoms with Gasteiger partial charge in [-0.2, -0.15) is 26.3 Å². The summed E-state index contributed by atoms with van der Waals surface area (Å²) in [7, 11) is 1.46. The number of alkyl halides is 6. The number of halogens is 6. The van der Waals surface area contributed by atoms with Gasteiger partial charge >= 0.3 is 18.4 Å². The van der Waals surface area contributed by atoms with Crippen molar-refractivity contribution in [2.45, 2.75) is 70.5 Å². The van der Waals surface area contributed by atoms with Gasteiger partial charge in [-0.25, -0.2) is 14.8 Å². The van der Waals surface area contributed by atoms with Gasteiger partial charge in [-0.05, 0) is 80.5 Å². The molecule has 9 nitrogen and oxygen atoms in total. The molecule has 2 atom stereocenters. The lowest BCUT2D eigenvalue weighted by molar-refractivity contribution is -0.143. The van der Waals surface area contributed by atoms with E-state index >= 15 is 0 Å². The molecule has 1 fully saturated rings. The third-order valence-electron chi connectivity index (χ3n) is 9.15. The second-order valence-corrected chi connectivity index (χ2v) is 12.2. The number of ether oxygens (including phenoxy) is 2. The van der Waals surface area contributed by atoms with Crippen molar-refractivity contribution in [3.8, 4) is 5.75 Å². The zero-order chi connectivity index (χ0) is 35.5. The van der Waals surface area contributed by atoms with Gasteiger partial charge in [0, 0.05) is 37.8 Å². The summed E-state index contributed by atoms with van der Waals surface area (Å²) in [5.74, 6) is 0.714. The molecule has 1 N–H and O–H groups in total. The molecular formula is C34H39F6N5O4. The van der Waals surface area contributed by atoms with Gasteiger partial charge in [-0.15, -0.1) is 0 Å². The number of benzene rings is 2. The number of aliphatic hydroxyl groups excluding tert-OH is 1. The third-order valence-corrected chi connectivity index (χ3v) is 9.15. The number of aliphatic hydroxyl groups is 1. The maximum absolute atomic E-state index is 13.9. The molecule has 1 saturated heterocycles. The molecule has 2 aromatic carbocycles. The van der Waals surface area contributed by atoms with E-state index in [1.807, 2.05) is 6.92 Å². The van der Waals surface area contributed by atoms with Crippen LogP contribution in [0.2, 0.25) is 0 Å². The number of carbonyl (C=O) groups is 1. The van der Waals surface area contributed by atoms with Gasteiger partial charge in [-0.3, -0.25) is 4.90 Å². The predicted molar refractivity (Wildman–Crippen MR) is 171 cm³/mol. The number of nitrogens with zero attached hydrogens (tertiary/aromatic N) is 5. The van der Waals surface area contributed by atoms with Gasteiger partial charge in [0.2, 0.25) is 5.95 Å². The number of piperidine rings is 1. The van der Waals surface area contributed by atoms with Crippen LogP contribution < -0.4 is 19.4 Å². The normalized spacial score (nSPS) is 18.7. The van der Waals surface area contributed by atoms with Gasteiger partial charge in [0.05, 0.1) is 54.7 Å². The number of carbonyl (C=O) groups excluding carboxylic acids is 1. The first-order valence-corrected chi connectivity index (χ1v) is 16.1. The van der Waals surface area contributed by atoms with E-state index in [1.54, 1.807) is 42.4 Å². The third kappa shape index (κ3) is 7.97. The van der Waals surface area contributed by atoms with Crippen LogP contribution in [0.25, 0.3) is 0 Å². The van der Waals surface area contributed by atoms with Crippen molar-refractivity contribution in [2.75, 3.05) is 48.1 Å². The smallest absolute Gasteiger partial charge is 0.416 e. The number of hydrogen-bond donors (Lipinski definition) is 1. The first-order valence-electron chi connectivity index (χ1n) is 16.1. The van der Waals surface area contributed by atoms with Gasteiger partial charge in [0.15, 0.2) is 0 Å². The number of fused-ring (bicyclic) bond motifs is 1. The largest absolute Gasteiger partial charge is 0.497 e. The highest BCUT2D eigenvalue weighted by atomic mass is 19.4. The molecule has 0 spiro atoms. The molecule has 5 rings (SSSR count). The lowest BCUT2D eigenvalue weighted by Crippen LogP contribution is -2.48. The number of methoxy groups -OCH3 is 1. The van der Waals surface area contributed by atoms with E-state index in [0.717, 1.165) is 12.8 Å². The topological polar surface area (TPSA) is 91.3 Å². The number of aromatic nitrogens is 2. The molecule has 49 heavy (non-hydrogen) atoms. The SMILES string of the molecule is CCOC(=O)N1c2ccc(OC)cc2[C@@H](N(Cc2cc(C(F)(F)F)cc(C(F)(F)F)c2)c2ncc(N3CCC(CO)CC3)cn2)C[C@H]1CC.